The molecule has 2 saturated carbocycles. The Morgan fingerprint density at radius 1 is 1.31 bits per heavy atom. The quantitative estimate of drug-likeness (QED) is 0.694. The number of hydrogen-bond donors (Lipinski definition) is 1. The number of benzene rings is 1. The van der Waals surface area contributed by atoms with Gasteiger partial charge < -0.3 is 14.3 Å². The Balaban J connectivity index is 1.43. The second-order valence-corrected chi connectivity index (χ2v) is 17.2. The molecule has 0 amide bonds. The van der Waals surface area contributed by atoms with Crippen molar-refractivity contribution in [3.05, 3.63) is 23.3 Å². The number of nitrogens with zero attached hydrogens (tertiary/aromatic N) is 1. The van der Waals surface area contributed by atoms with E-state index in [1.54, 1.807) is 0 Å². The fraction of sp³-hybridized carbons (Fsp3) is 0.731. The number of piperidine rings is 1. The van der Waals surface area contributed by atoms with Gasteiger partial charge in [0.25, 0.3) is 8.32 Å². The number of ketones is 1. The highest BCUT2D eigenvalue weighted by molar-refractivity contribution is 6.74. The van der Waals surface area contributed by atoms with E-state index in [-0.39, 0.29) is 28.4 Å². The minimum absolute atomic E-state index is 0.0986. The molecule has 2 heterocycles. The molecule has 6 heteroatoms. The standard InChI is InChI=1S/C26H37NO4Si/c1-25(2,3)32(4,5)31-21-9-6-15-12-18-17-7-8-19(28)24-26(17,22(15)23(21)30-24)10-11-27(18)14-16-13-20(16)29/h6,9,16-18,20,24,29H,7-8,10-14H2,1-5H3/t16?,17-,18+,20?,24-,26-/m0/s1. The Kier molecular flexibility index (Phi) is 4.37. The molecule has 32 heavy (non-hydrogen) atoms. The number of aliphatic hydroxyl groups excluding tert-OH is 1. The first-order chi connectivity index (χ1) is 15.0. The maximum atomic E-state index is 13.2. The number of hydrogen-bond acceptors (Lipinski definition) is 5. The number of ether oxygens (including phenoxy) is 1. The summed E-state index contributed by atoms with van der Waals surface area (Å²) in [6.07, 6.45) is 4.04. The smallest absolute Gasteiger partial charge is 0.250 e. The van der Waals surface area contributed by atoms with Crippen LogP contribution in [0.5, 0.6) is 11.5 Å². The maximum absolute atomic E-state index is 13.2. The van der Waals surface area contributed by atoms with Gasteiger partial charge in [-0.1, -0.05) is 26.8 Å². The van der Waals surface area contributed by atoms with Crippen LogP contribution in [0.4, 0.5) is 0 Å². The SMILES string of the molecule is CC(C)(C)[Si](C)(C)Oc1ccc2c3c1O[C@H]1C(=O)CC[C@H]4[C@@H](C2)N(CC2CC2O)CC[C@]314. The molecule has 6 atom stereocenters. The van der Waals surface area contributed by atoms with E-state index in [0.717, 1.165) is 50.3 Å². The summed E-state index contributed by atoms with van der Waals surface area (Å²) in [6.45, 7) is 13.3. The van der Waals surface area contributed by atoms with E-state index in [1.807, 2.05) is 0 Å². The van der Waals surface area contributed by atoms with Gasteiger partial charge in [-0.05, 0) is 67.9 Å². The van der Waals surface area contributed by atoms with Gasteiger partial charge in [-0.3, -0.25) is 9.69 Å². The van der Waals surface area contributed by atoms with Crippen LogP contribution < -0.4 is 9.16 Å². The van der Waals surface area contributed by atoms with Crippen molar-refractivity contribution < 1.29 is 19.1 Å². The molecule has 3 fully saturated rings. The average Bonchev–Trinajstić information content (AvgIpc) is 3.27. The van der Waals surface area contributed by atoms with Crippen molar-refractivity contribution in [3.8, 4) is 11.5 Å². The molecule has 2 bridgehead atoms. The summed E-state index contributed by atoms with van der Waals surface area (Å²) in [5, 5.41) is 10.0. The third-order valence-corrected chi connectivity index (χ3v) is 14.1. The molecule has 1 spiro atoms. The van der Waals surface area contributed by atoms with Gasteiger partial charge in [0, 0.05) is 35.9 Å². The lowest BCUT2D eigenvalue weighted by Crippen LogP contribution is -2.66. The van der Waals surface area contributed by atoms with Crippen molar-refractivity contribution in [1.29, 1.82) is 0 Å². The Morgan fingerprint density at radius 2 is 2.06 bits per heavy atom. The van der Waals surface area contributed by atoms with Gasteiger partial charge in [0.1, 0.15) is 5.75 Å². The Bertz CT molecular complexity index is 985. The van der Waals surface area contributed by atoms with Crippen molar-refractivity contribution >= 4 is 14.1 Å². The average molecular weight is 456 g/mol. The first kappa shape index (κ1) is 21.2. The predicted octanol–water partition coefficient (Wildman–Crippen LogP) is 4.06. The highest BCUT2D eigenvalue weighted by Crippen LogP contribution is 2.63. The van der Waals surface area contributed by atoms with Crippen LogP contribution in [-0.4, -0.2) is 55.4 Å². The first-order valence-corrected chi connectivity index (χ1v) is 15.4. The maximum Gasteiger partial charge on any atom is 0.250 e. The second kappa shape index (κ2) is 6.61. The van der Waals surface area contributed by atoms with Crippen LogP contribution in [0.1, 0.15) is 57.6 Å². The summed E-state index contributed by atoms with van der Waals surface area (Å²) in [5.41, 5.74) is 2.47. The molecule has 1 N–H and O–H groups in total. The lowest BCUT2D eigenvalue weighted by atomic mass is 9.51. The number of Topliss-reactive ketones (excluding diaryl/α,β-unsaturated/α-hetero) is 1. The van der Waals surface area contributed by atoms with Gasteiger partial charge in [0.05, 0.1) is 6.10 Å². The summed E-state index contributed by atoms with van der Waals surface area (Å²) in [6, 6.07) is 4.81. The first-order valence-electron chi connectivity index (χ1n) is 12.5. The van der Waals surface area contributed by atoms with Gasteiger partial charge in [-0.15, -0.1) is 0 Å². The monoisotopic (exact) mass is 455 g/mol. The van der Waals surface area contributed by atoms with Crippen LogP contribution in [0.2, 0.25) is 18.1 Å². The van der Waals surface area contributed by atoms with Crippen LogP contribution in [0.3, 0.4) is 0 Å². The molecule has 1 aromatic rings. The summed E-state index contributed by atoms with van der Waals surface area (Å²) in [5.74, 6) is 2.89. The zero-order chi connectivity index (χ0) is 22.6. The van der Waals surface area contributed by atoms with E-state index >= 15 is 0 Å². The molecule has 1 saturated heterocycles. The topological polar surface area (TPSA) is 59.0 Å². The Labute approximate surface area is 192 Å². The zero-order valence-corrected chi connectivity index (χ0v) is 21.1. The van der Waals surface area contributed by atoms with E-state index in [9.17, 15) is 9.90 Å². The largest absolute Gasteiger partial charge is 0.541 e. The van der Waals surface area contributed by atoms with Gasteiger partial charge in [0.15, 0.2) is 17.6 Å². The van der Waals surface area contributed by atoms with Gasteiger partial charge in [-0.25, -0.2) is 0 Å². The Morgan fingerprint density at radius 3 is 2.75 bits per heavy atom. The van der Waals surface area contributed by atoms with Crippen LogP contribution in [0, 0.1) is 11.8 Å². The van der Waals surface area contributed by atoms with E-state index in [2.05, 4.69) is 50.9 Å². The van der Waals surface area contributed by atoms with Gasteiger partial charge in [-0.2, -0.15) is 0 Å². The van der Waals surface area contributed by atoms with Crippen LogP contribution in [0.25, 0.3) is 0 Å². The number of carbonyl (C=O) groups is 1. The van der Waals surface area contributed by atoms with Gasteiger partial charge in [0.2, 0.25) is 0 Å². The molecule has 6 rings (SSSR count). The molecule has 2 aliphatic heterocycles. The Hall–Kier alpha value is -1.37. The predicted molar refractivity (Wildman–Crippen MR) is 126 cm³/mol. The molecular formula is C26H37NO4Si. The highest BCUT2D eigenvalue weighted by atomic mass is 28.4. The third kappa shape index (κ3) is 2.78. The fourth-order valence-electron chi connectivity index (χ4n) is 6.86. The summed E-state index contributed by atoms with van der Waals surface area (Å²) >= 11 is 0. The zero-order valence-electron chi connectivity index (χ0n) is 20.1. The summed E-state index contributed by atoms with van der Waals surface area (Å²) < 4.78 is 13.4. The lowest BCUT2D eigenvalue weighted by molar-refractivity contribution is -0.138. The van der Waals surface area contributed by atoms with Crippen LogP contribution >= 0.6 is 0 Å². The molecule has 0 aromatic heterocycles. The molecular weight excluding hydrogens is 418 g/mol. The molecule has 0 radical (unpaired) electrons. The van der Waals surface area contributed by atoms with Crippen molar-refractivity contribution in [2.75, 3.05) is 13.1 Å². The molecule has 3 aliphatic carbocycles. The minimum Gasteiger partial charge on any atom is -0.541 e. The van der Waals surface area contributed by atoms with Crippen LogP contribution in [-0.2, 0) is 16.6 Å². The van der Waals surface area contributed by atoms with Crippen molar-refractivity contribution in [3.63, 3.8) is 0 Å². The number of rotatable bonds is 4. The van der Waals surface area contributed by atoms with Gasteiger partial charge >= 0.3 is 0 Å². The van der Waals surface area contributed by atoms with Crippen LogP contribution in [0.15, 0.2) is 12.1 Å². The molecule has 1 aromatic carbocycles. The van der Waals surface area contributed by atoms with E-state index in [0.29, 0.717) is 24.3 Å². The summed E-state index contributed by atoms with van der Waals surface area (Å²) in [7, 11) is -2.03. The third-order valence-electron chi connectivity index (χ3n) is 9.73. The van der Waals surface area contributed by atoms with Crippen molar-refractivity contribution in [1.82, 2.24) is 4.90 Å². The molecule has 5 aliphatic rings. The molecule has 2 unspecified atom stereocenters. The number of aliphatic hydroxyl groups is 1. The minimum atomic E-state index is -2.03. The van der Waals surface area contributed by atoms with E-state index in [1.165, 1.54) is 11.1 Å². The fourth-order valence-corrected chi connectivity index (χ4v) is 7.88. The van der Waals surface area contributed by atoms with Crippen molar-refractivity contribution in [2.24, 2.45) is 11.8 Å². The number of likely N-dealkylation sites (tertiary alicyclic amines) is 1. The molecule has 174 valence electrons. The van der Waals surface area contributed by atoms with E-state index < -0.39 is 8.32 Å². The van der Waals surface area contributed by atoms with E-state index in [4.69, 9.17) is 9.16 Å². The molecule has 5 nitrogen and oxygen atoms in total. The number of carbonyl (C=O) groups excluding carboxylic acids is 1. The second-order valence-electron chi connectivity index (χ2n) is 12.5. The lowest BCUT2D eigenvalue weighted by Gasteiger charge is -2.57. The normalized spacial score (nSPS) is 37.7. The van der Waals surface area contributed by atoms with Crippen molar-refractivity contribution in [2.45, 2.75) is 94.7 Å². The highest BCUT2D eigenvalue weighted by Gasteiger charge is 2.66. The summed E-state index contributed by atoms with van der Waals surface area (Å²) in [4.78, 5) is 15.8.